The summed E-state index contributed by atoms with van der Waals surface area (Å²) in [4.78, 5) is 39.0. The molecule has 1 fully saturated rings. The summed E-state index contributed by atoms with van der Waals surface area (Å²) >= 11 is 0. The summed E-state index contributed by atoms with van der Waals surface area (Å²) in [5, 5.41) is 8.72. The molecular weight excluding hydrogens is 420 g/mol. The minimum absolute atomic E-state index is 0.0547. The maximum absolute atomic E-state index is 13.0. The van der Waals surface area contributed by atoms with E-state index in [0.29, 0.717) is 43.8 Å². The van der Waals surface area contributed by atoms with Crippen molar-refractivity contribution in [1.82, 2.24) is 15.5 Å². The van der Waals surface area contributed by atoms with Gasteiger partial charge in [-0.05, 0) is 43.0 Å². The molecule has 1 unspecified atom stereocenters. The predicted octanol–water partition coefficient (Wildman–Crippen LogP) is 2.86. The molecule has 8 nitrogen and oxygen atoms in total. The Labute approximate surface area is 194 Å². The summed E-state index contributed by atoms with van der Waals surface area (Å²) in [7, 11) is 1.56. The van der Waals surface area contributed by atoms with Crippen molar-refractivity contribution in [3.63, 3.8) is 0 Å². The van der Waals surface area contributed by atoms with Crippen LogP contribution in [0.4, 0.5) is 10.5 Å². The lowest BCUT2D eigenvalue weighted by molar-refractivity contribution is -0.128. The fourth-order valence-electron chi connectivity index (χ4n) is 3.98. The summed E-state index contributed by atoms with van der Waals surface area (Å²) in [6, 6.07) is 14.2. The van der Waals surface area contributed by atoms with E-state index in [1.54, 1.807) is 24.1 Å². The van der Waals surface area contributed by atoms with Crippen LogP contribution in [-0.4, -0.2) is 55.0 Å². The second kappa shape index (κ2) is 11.4. The van der Waals surface area contributed by atoms with Crippen molar-refractivity contribution in [3.8, 4) is 5.75 Å². The maximum Gasteiger partial charge on any atom is 0.321 e. The highest BCUT2D eigenvalue weighted by Crippen LogP contribution is 2.24. The highest BCUT2D eigenvalue weighted by molar-refractivity contribution is 5.91. The molecule has 0 aliphatic carbocycles. The van der Waals surface area contributed by atoms with Crippen LogP contribution in [0.1, 0.15) is 30.9 Å². The largest absolute Gasteiger partial charge is 0.495 e. The van der Waals surface area contributed by atoms with Gasteiger partial charge in [-0.3, -0.25) is 9.59 Å². The Bertz CT molecular complexity index is 986. The van der Waals surface area contributed by atoms with Crippen LogP contribution < -0.4 is 20.7 Å². The van der Waals surface area contributed by atoms with Gasteiger partial charge in [-0.1, -0.05) is 36.4 Å². The van der Waals surface area contributed by atoms with E-state index in [4.69, 9.17) is 4.74 Å². The molecule has 2 aromatic rings. The smallest absolute Gasteiger partial charge is 0.321 e. The lowest BCUT2D eigenvalue weighted by Gasteiger charge is -2.33. The van der Waals surface area contributed by atoms with E-state index < -0.39 is 6.04 Å². The minimum Gasteiger partial charge on any atom is -0.495 e. The Morgan fingerprint density at radius 2 is 1.73 bits per heavy atom. The molecule has 176 valence electrons. The number of benzene rings is 2. The molecule has 0 radical (unpaired) electrons. The van der Waals surface area contributed by atoms with Crippen LogP contribution in [0.25, 0.3) is 0 Å². The van der Waals surface area contributed by atoms with Gasteiger partial charge < -0.3 is 25.6 Å². The molecule has 3 rings (SSSR count). The Morgan fingerprint density at radius 3 is 2.39 bits per heavy atom. The molecule has 0 saturated carbocycles. The van der Waals surface area contributed by atoms with Crippen LogP contribution in [0.3, 0.4) is 0 Å². The molecule has 1 aliphatic heterocycles. The molecule has 1 heterocycles. The van der Waals surface area contributed by atoms with Gasteiger partial charge in [-0.2, -0.15) is 0 Å². The zero-order chi connectivity index (χ0) is 23.8. The molecule has 3 N–H and O–H groups in total. The third-order valence-corrected chi connectivity index (χ3v) is 5.86. The second-order valence-electron chi connectivity index (χ2n) is 8.28. The first-order valence-electron chi connectivity index (χ1n) is 11.2. The molecule has 0 aromatic heterocycles. The number of amides is 4. The summed E-state index contributed by atoms with van der Waals surface area (Å²) < 4.78 is 5.28. The number of hydrogen-bond acceptors (Lipinski definition) is 4. The van der Waals surface area contributed by atoms with Crippen molar-refractivity contribution < 1.29 is 19.1 Å². The number of methoxy groups -OCH3 is 1. The van der Waals surface area contributed by atoms with Gasteiger partial charge in [0.25, 0.3) is 0 Å². The number of nitrogens with one attached hydrogen (secondary N) is 3. The predicted molar refractivity (Wildman–Crippen MR) is 127 cm³/mol. The van der Waals surface area contributed by atoms with Crippen LogP contribution in [0, 0.1) is 6.92 Å². The fraction of sp³-hybridized carbons (Fsp3) is 0.400. The maximum atomic E-state index is 13.0. The number of aryl methyl sites for hydroxylation is 1. The molecule has 0 bridgehead atoms. The number of likely N-dealkylation sites (tertiary alicyclic amines) is 1. The molecule has 0 spiro atoms. The number of carbonyl (C=O) groups excluding carboxylic acids is 3. The molecule has 1 aliphatic rings. The minimum atomic E-state index is -0.643. The molecule has 8 heteroatoms. The zero-order valence-corrected chi connectivity index (χ0v) is 19.4. The summed E-state index contributed by atoms with van der Waals surface area (Å²) in [5.74, 6) is 0.155. The number of hydrogen-bond donors (Lipinski definition) is 3. The average Bonchev–Trinajstić information content (AvgIpc) is 2.80. The van der Waals surface area contributed by atoms with Crippen molar-refractivity contribution in [2.45, 2.75) is 45.2 Å². The van der Waals surface area contributed by atoms with Gasteiger partial charge in [0.15, 0.2) is 0 Å². The zero-order valence-electron chi connectivity index (χ0n) is 19.4. The Hall–Kier alpha value is -3.55. The summed E-state index contributed by atoms with van der Waals surface area (Å²) in [6.45, 7) is 4.45. The van der Waals surface area contributed by atoms with Gasteiger partial charge >= 0.3 is 6.03 Å². The van der Waals surface area contributed by atoms with E-state index in [9.17, 15) is 14.4 Å². The summed E-state index contributed by atoms with van der Waals surface area (Å²) in [5.41, 5.74) is 2.72. The summed E-state index contributed by atoms with van der Waals surface area (Å²) in [6.07, 6.45) is 1.71. The number of anilines is 1. The number of urea groups is 1. The van der Waals surface area contributed by atoms with E-state index in [-0.39, 0.29) is 23.9 Å². The number of para-hydroxylation sites is 2. The average molecular weight is 453 g/mol. The molecule has 4 amide bonds. The van der Waals surface area contributed by atoms with Gasteiger partial charge in [0.1, 0.15) is 11.8 Å². The number of piperidine rings is 1. The lowest BCUT2D eigenvalue weighted by atomic mass is 9.99. The number of nitrogens with zero attached hydrogens (tertiary/aromatic N) is 1. The van der Waals surface area contributed by atoms with Crippen LogP contribution in [0.5, 0.6) is 5.75 Å². The van der Waals surface area contributed by atoms with Crippen molar-refractivity contribution >= 4 is 23.5 Å². The monoisotopic (exact) mass is 452 g/mol. The molecule has 33 heavy (non-hydrogen) atoms. The molecule has 1 saturated heterocycles. The third kappa shape index (κ3) is 6.71. The van der Waals surface area contributed by atoms with Crippen LogP contribution in [0.2, 0.25) is 0 Å². The standard InChI is InChI=1S/C25H32N4O4/c1-17-8-4-5-9-19(17)16-22(26-18(2)30)24(31)27-20-12-14-29(15-13-20)25(32)28-21-10-6-7-11-23(21)33-3/h4-11,20,22H,12-16H2,1-3H3,(H,26,30)(H,27,31)(H,28,32). The van der Waals surface area contributed by atoms with Gasteiger partial charge in [0, 0.05) is 32.5 Å². The van der Waals surface area contributed by atoms with Crippen LogP contribution in [0.15, 0.2) is 48.5 Å². The van der Waals surface area contributed by atoms with Gasteiger partial charge in [-0.15, -0.1) is 0 Å². The SMILES string of the molecule is COc1ccccc1NC(=O)N1CCC(NC(=O)C(Cc2ccccc2C)NC(C)=O)CC1. The van der Waals surface area contributed by atoms with E-state index in [0.717, 1.165) is 11.1 Å². The van der Waals surface area contributed by atoms with Crippen LogP contribution >= 0.6 is 0 Å². The number of ether oxygens (including phenoxy) is 1. The van der Waals surface area contributed by atoms with E-state index in [1.165, 1.54) is 6.92 Å². The van der Waals surface area contributed by atoms with Crippen LogP contribution in [-0.2, 0) is 16.0 Å². The molecule has 1 atom stereocenters. The van der Waals surface area contributed by atoms with Gasteiger partial charge in [0.05, 0.1) is 12.8 Å². The number of carbonyl (C=O) groups is 3. The Morgan fingerprint density at radius 1 is 1.06 bits per heavy atom. The topological polar surface area (TPSA) is 99.8 Å². The van der Waals surface area contributed by atoms with Crippen molar-refractivity contribution in [3.05, 3.63) is 59.7 Å². The first kappa shape index (κ1) is 24.1. The number of rotatable bonds is 7. The van der Waals surface area contributed by atoms with Crippen molar-refractivity contribution in [1.29, 1.82) is 0 Å². The normalized spacial score (nSPS) is 14.8. The third-order valence-electron chi connectivity index (χ3n) is 5.86. The highest BCUT2D eigenvalue weighted by Gasteiger charge is 2.27. The Kier molecular flexibility index (Phi) is 8.29. The first-order chi connectivity index (χ1) is 15.9. The van der Waals surface area contributed by atoms with E-state index in [1.807, 2.05) is 43.3 Å². The van der Waals surface area contributed by atoms with Gasteiger partial charge in [0.2, 0.25) is 11.8 Å². The highest BCUT2D eigenvalue weighted by atomic mass is 16.5. The Balaban J connectivity index is 1.54. The quantitative estimate of drug-likeness (QED) is 0.601. The van der Waals surface area contributed by atoms with Gasteiger partial charge in [-0.25, -0.2) is 4.79 Å². The fourth-order valence-corrected chi connectivity index (χ4v) is 3.98. The molecule has 2 aromatic carbocycles. The molecular formula is C25H32N4O4. The first-order valence-corrected chi connectivity index (χ1v) is 11.2. The van der Waals surface area contributed by atoms with Crippen molar-refractivity contribution in [2.24, 2.45) is 0 Å². The second-order valence-corrected chi connectivity index (χ2v) is 8.28. The van der Waals surface area contributed by atoms with Crippen molar-refractivity contribution in [2.75, 3.05) is 25.5 Å². The van der Waals surface area contributed by atoms with E-state index in [2.05, 4.69) is 16.0 Å². The lowest BCUT2D eigenvalue weighted by Crippen LogP contribution is -2.53. The van der Waals surface area contributed by atoms with E-state index >= 15 is 0 Å².